The maximum absolute atomic E-state index is 13.3. The minimum Gasteiger partial charge on any atom is -0.388 e. The summed E-state index contributed by atoms with van der Waals surface area (Å²) in [5, 5.41) is 19.6. The average Bonchev–Trinajstić information content (AvgIpc) is 3.66. The fourth-order valence-electron chi connectivity index (χ4n) is 5.91. The predicted molar refractivity (Wildman–Crippen MR) is 140 cm³/mol. The molecule has 0 radical (unpaired) electrons. The molecule has 1 saturated heterocycles. The SMILES string of the molecule is O=c1c2cnn(-c3ccc(F)cc3)c2ncn1CC1(O)CCN(C(=O)[C@H]2CC[C@H](NCC3CC3)CC2)CC1. The highest BCUT2D eigenvalue weighted by atomic mass is 19.1. The summed E-state index contributed by atoms with van der Waals surface area (Å²) < 4.78 is 16.2. The van der Waals surface area contributed by atoms with Crippen LogP contribution in [0.3, 0.4) is 0 Å². The summed E-state index contributed by atoms with van der Waals surface area (Å²) in [6.07, 6.45) is 10.4. The average molecular weight is 523 g/mol. The summed E-state index contributed by atoms with van der Waals surface area (Å²) in [7, 11) is 0. The summed E-state index contributed by atoms with van der Waals surface area (Å²) in [4.78, 5) is 32.7. The van der Waals surface area contributed by atoms with E-state index in [2.05, 4.69) is 15.4 Å². The van der Waals surface area contributed by atoms with Crippen LogP contribution < -0.4 is 10.9 Å². The number of carbonyl (C=O) groups is 1. The van der Waals surface area contributed by atoms with Crippen molar-refractivity contribution in [2.75, 3.05) is 19.6 Å². The van der Waals surface area contributed by atoms with E-state index in [1.54, 1.807) is 12.1 Å². The Morgan fingerprint density at radius 2 is 1.79 bits per heavy atom. The molecule has 1 aromatic carbocycles. The van der Waals surface area contributed by atoms with Crippen molar-refractivity contribution in [1.82, 2.24) is 29.5 Å². The monoisotopic (exact) mass is 522 g/mol. The van der Waals surface area contributed by atoms with Crippen LogP contribution in [-0.2, 0) is 11.3 Å². The van der Waals surface area contributed by atoms with Gasteiger partial charge in [0.1, 0.15) is 17.5 Å². The van der Waals surface area contributed by atoms with Crippen molar-refractivity contribution >= 4 is 16.9 Å². The second-order valence-corrected chi connectivity index (χ2v) is 11.4. The van der Waals surface area contributed by atoms with E-state index in [0.29, 0.717) is 48.7 Å². The molecule has 1 aliphatic heterocycles. The zero-order valence-corrected chi connectivity index (χ0v) is 21.6. The van der Waals surface area contributed by atoms with Gasteiger partial charge < -0.3 is 15.3 Å². The molecule has 9 nitrogen and oxygen atoms in total. The lowest BCUT2D eigenvalue weighted by molar-refractivity contribution is -0.141. The van der Waals surface area contributed by atoms with E-state index < -0.39 is 5.60 Å². The van der Waals surface area contributed by atoms with Crippen LogP contribution in [0.25, 0.3) is 16.7 Å². The van der Waals surface area contributed by atoms with E-state index in [-0.39, 0.29) is 29.7 Å². The highest BCUT2D eigenvalue weighted by molar-refractivity contribution is 5.79. The molecule has 1 amide bonds. The third-order valence-electron chi connectivity index (χ3n) is 8.56. The number of likely N-dealkylation sites (tertiary alicyclic amines) is 1. The van der Waals surface area contributed by atoms with Crippen molar-refractivity contribution in [3.63, 3.8) is 0 Å². The summed E-state index contributed by atoms with van der Waals surface area (Å²) in [6, 6.07) is 6.34. The fraction of sp³-hybridized carbons (Fsp3) is 0.571. The molecule has 10 heteroatoms. The van der Waals surface area contributed by atoms with Crippen LogP contribution in [0.2, 0.25) is 0 Å². The summed E-state index contributed by atoms with van der Waals surface area (Å²) >= 11 is 0. The van der Waals surface area contributed by atoms with Crippen LogP contribution in [0, 0.1) is 17.7 Å². The van der Waals surface area contributed by atoms with Gasteiger partial charge in [-0.1, -0.05) is 0 Å². The van der Waals surface area contributed by atoms with Gasteiger partial charge in [-0.3, -0.25) is 14.2 Å². The van der Waals surface area contributed by atoms with Gasteiger partial charge in [0, 0.05) is 25.0 Å². The van der Waals surface area contributed by atoms with Crippen molar-refractivity contribution < 1.29 is 14.3 Å². The molecular weight excluding hydrogens is 487 g/mol. The molecule has 0 unspecified atom stereocenters. The van der Waals surface area contributed by atoms with Gasteiger partial charge in [0.05, 0.1) is 24.0 Å². The quantitative estimate of drug-likeness (QED) is 0.494. The maximum Gasteiger partial charge on any atom is 0.264 e. The van der Waals surface area contributed by atoms with E-state index in [9.17, 15) is 19.1 Å². The minimum atomic E-state index is -1.09. The Morgan fingerprint density at radius 3 is 2.47 bits per heavy atom. The Hall–Kier alpha value is -3.11. The number of hydrogen-bond donors (Lipinski definition) is 2. The summed E-state index contributed by atoms with van der Waals surface area (Å²) in [5.41, 5.74) is -0.400. The van der Waals surface area contributed by atoms with Crippen LogP contribution in [0.4, 0.5) is 4.39 Å². The second-order valence-electron chi connectivity index (χ2n) is 11.4. The van der Waals surface area contributed by atoms with Gasteiger partial charge in [-0.05, 0) is 88.1 Å². The molecule has 2 aliphatic carbocycles. The molecule has 3 fully saturated rings. The molecule has 3 heterocycles. The van der Waals surface area contributed by atoms with E-state index in [0.717, 1.165) is 38.1 Å². The number of piperidine rings is 1. The van der Waals surface area contributed by atoms with E-state index in [1.807, 2.05) is 4.90 Å². The van der Waals surface area contributed by atoms with E-state index >= 15 is 0 Å². The molecule has 0 spiro atoms. The molecule has 202 valence electrons. The predicted octanol–water partition coefficient (Wildman–Crippen LogP) is 2.63. The molecule has 3 aliphatic rings. The van der Waals surface area contributed by atoms with Crippen molar-refractivity contribution in [3.05, 3.63) is 53.0 Å². The third kappa shape index (κ3) is 5.24. The van der Waals surface area contributed by atoms with Crippen molar-refractivity contribution in [2.45, 2.75) is 69.6 Å². The number of benzene rings is 1. The number of nitrogens with one attached hydrogen (secondary N) is 1. The number of hydrogen-bond acceptors (Lipinski definition) is 6. The van der Waals surface area contributed by atoms with Gasteiger partial charge in [-0.2, -0.15) is 5.10 Å². The Kier molecular flexibility index (Phi) is 6.77. The standard InChI is InChI=1S/C28H35FN6O3/c29-21-5-9-23(10-6-21)35-25-24(16-32-35)27(37)34(18-31-25)17-28(38)11-13-33(14-12-28)26(36)20-3-7-22(8-4-20)30-15-19-1-2-19/h5-6,9-10,16,18-20,22,30,38H,1-4,7-8,11-15,17H2/t20-,22-. The number of aliphatic hydroxyl groups is 1. The highest BCUT2D eigenvalue weighted by Crippen LogP contribution is 2.31. The zero-order chi connectivity index (χ0) is 26.3. The molecule has 38 heavy (non-hydrogen) atoms. The van der Waals surface area contributed by atoms with Crippen molar-refractivity contribution in [1.29, 1.82) is 0 Å². The van der Waals surface area contributed by atoms with E-state index in [4.69, 9.17) is 0 Å². The molecule has 2 saturated carbocycles. The Labute approximate surface area is 220 Å². The lowest BCUT2D eigenvalue weighted by Gasteiger charge is -2.40. The minimum absolute atomic E-state index is 0.0760. The number of fused-ring (bicyclic) bond motifs is 1. The number of carbonyl (C=O) groups excluding carboxylic acids is 1. The van der Waals surface area contributed by atoms with Crippen LogP contribution >= 0.6 is 0 Å². The number of aromatic nitrogens is 4. The topological polar surface area (TPSA) is 105 Å². The first-order chi connectivity index (χ1) is 18.4. The zero-order valence-electron chi connectivity index (χ0n) is 21.6. The third-order valence-corrected chi connectivity index (χ3v) is 8.56. The smallest absolute Gasteiger partial charge is 0.264 e. The molecule has 2 aromatic heterocycles. The van der Waals surface area contributed by atoms with Gasteiger partial charge in [0.25, 0.3) is 5.56 Å². The lowest BCUT2D eigenvalue weighted by Crippen LogP contribution is -2.51. The fourth-order valence-corrected chi connectivity index (χ4v) is 5.91. The molecule has 6 rings (SSSR count). The largest absolute Gasteiger partial charge is 0.388 e. The second kappa shape index (κ2) is 10.2. The Balaban J connectivity index is 1.06. The first-order valence-electron chi connectivity index (χ1n) is 13.8. The van der Waals surface area contributed by atoms with Crippen LogP contribution in [0.1, 0.15) is 51.4 Å². The highest BCUT2D eigenvalue weighted by Gasteiger charge is 2.37. The molecule has 0 atom stereocenters. The normalized spacial score (nSPS) is 23.6. The van der Waals surface area contributed by atoms with E-state index in [1.165, 1.54) is 46.7 Å². The van der Waals surface area contributed by atoms with Crippen LogP contribution in [0.5, 0.6) is 0 Å². The summed E-state index contributed by atoms with van der Waals surface area (Å²) in [6.45, 7) is 2.21. The Morgan fingerprint density at radius 1 is 1.08 bits per heavy atom. The molecule has 2 N–H and O–H groups in total. The van der Waals surface area contributed by atoms with Crippen LogP contribution in [0.15, 0.2) is 41.6 Å². The van der Waals surface area contributed by atoms with Crippen molar-refractivity contribution in [3.8, 4) is 5.69 Å². The van der Waals surface area contributed by atoms with Crippen molar-refractivity contribution in [2.24, 2.45) is 11.8 Å². The summed E-state index contributed by atoms with van der Waals surface area (Å²) in [5.74, 6) is 0.799. The molecule has 0 bridgehead atoms. The number of rotatable bonds is 7. The van der Waals surface area contributed by atoms with Gasteiger partial charge in [-0.15, -0.1) is 0 Å². The number of amides is 1. The van der Waals surface area contributed by atoms with Crippen LogP contribution in [-0.4, -0.2) is 66.5 Å². The number of halogens is 1. The maximum atomic E-state index is 13.3. The number of nitrogens with zero attached hydrogens (tertiary/aromatic N) is 5. The van der Waals surface area contributed by atoms with Gasteiger partial charge >= 0.3 is 0 Å². The Bertz CT molecular complexity index is 1350. The van der Waals surface area contributed by atoms with Gasteiger partial charge in [0.15, 0.2) is 5.65 Å². The van der Waals surface area contributed by atoms with Gasteiger partial charge in [-0.25, -0.2) is 14.1 Å². The van der Waals surface area contributed by atoms with Gasteiger partial charge in [0.2, 0.25) is 5.91 Å². The molecular formula is C28H35FN6O3. The first kappa shape index (κ1) is 25.2. The molecule has 3 aromatic rings. The lowest BCUT2D eigenvalue weighted by atomic mass is 9.84. The first-order valence-corrected chi connectivity index (χ1v) is 13.8.